The van der Waals surface area contributed by atoms with Gasteiger partial charge in [0.2, 0.25) is 11.8 Å². The third-order valence-electron chi connectivity index (χ3n) is 6.32. The minimum atomic E-state index is -0.129. The second-order valence-corrected chi connectivity index (χ2v) is 9.87. The predicted octanol–water partition coefficient (Wildman–Crippen LogP) is 4.91. The molecule has 7 nitrogen and oxygen atoms in total. The maximum Gasteiger partial charge on any atom is 0.242 e. The Hall–Kier alpha value is -3.78. The number of ether oxygens (including phenoxy) is 3. The number of aryl methyl sites for hydroxylation is 1. The summed E-state index contributed by atoms with van der Waals surface area (Å²) in [7, 11) is 4.81. The van der Waals surface area contributed by atoms with Gasteiger partial charge in [0.15, 0.2) is 11.5 Å². The van der Waals surface area contributed by atoms with Gasteiger partial charge in [-0.1, -0.05) is 24.3 Å². The van der Waals surface area contributed by atoms with Crippen molar-refractivity contribution in [2.75, 3.05) is 41.0 Å². The number of carbonyl (C=O) groups is 2. The van der Waals surface area contributed by atoms with E-state index in [0.717, 1.165) is 27.3 Å². The van der Waals surface area contributed by atoms with E-state index in [0.29, 0.717) is 37.6 Å². The quantitative estimate of drug-likeness (QED) is 0.274. The van der Waals surface area contributed by atoms with Gasteiger partial charge in [-0.25, -0.2) is 0 Å². The Balaban J connectivity index is 1.74. The van der Waals surface area contributed by atoms with E-state index in [9.17, 15) is 9.59 Å². The zero-order valence-electron chi connectivity index (χ0n) is 22.6. The van der Waals surface area contributed by atoms with Crippen molar-refractivity contribution in [1.29, 1.82) is 0 Å². The fourth-order valence-corrected chi connectivity index (χ4v) is 4.96. The minimum absolute atomic E-state index is 0.0165. The molecule has 0 atom stereocenters. The summed E-state index contributed by atoms with van der Waals surface area (Å²) in [5.74, 6) is 1.80. The van der Waals surface area contributed by atoms with Crippen LogP contribution in [0.2, 0.25) is 0 Å². The van der Waals surface area contributed by atoms with Crippen LogP contribution in [-0.2, 0) is 29.0 Å². The highest BCUT2D eigenvalue weighted by atomic mass is 32.1. The molecule has 38 heavy (non-hydrogen) atoms. The van der Waals surface area contributed by atoms with Crippen LogP contribution in [0.25, 0.3) is 0 Å². The van der Waals surface area contributed by atoms with Crippen LogP contribution in [0.4, 0.5) is 0 Å². The highest BCUT2D eigenvalue weighted by Crippen LogP contribution is 2.28. The smallest absolute Gasteiger partial charge is 0.242 e. The molecule has 1 heterocycles. The highest BCUT2D eigenvalue weighted by Gasteiger charge is 2.22. The molecule has 3 rings (SSSR count). The third-order valence-corrected chi connectivity index (χ3v) is 7.32. The summed E-state index contributed by atoms with van der Waals surface area (Å²) < 4.78 is 16.0. The van der Waals surface area contributed by atoms with E-state index in [1.54, 1.807) is 43.6 Å². The molecule has 202 valence electrons. The first-order valence-corrected chi connectivity index (χ1v) is 13.3. The zero-order valence-corrected chi connectivity index (χ0v) is 23.4. The van der Waals surface area contributed by atoms with E-state index in [-0.39, 0.29) is 24.8 Å². The highest BCUT2D eigenvalue weighted by molar-refractivity contribution is 7.10. The van der Waals surface area contributed by atoms with E-state index in [2.05, 4.69) is 12.6 Å². The Kier molecular flexibility index (Phi) is 10.8. The second kappa shape index (κ2) is 14.2. The van der Waals surface area contributed by atoms with Crippen LogP contribution in [0.15, 0.2) is 66.6 Å². The molecule has 0 aliphatic rings. The van der Waals surface area contributed by atoms with Crippen LogP contribution < -0.4 is 14.2 Å². The van der Waals surface area contributed by atoms with Crippen molar-refractivity contribution < 1.29 is 23.8 Å². The first-order chi connectivity index (χ1) is 18.4. The molecule has 3 aromatic rings. The summed E-state index contributed by atoms with van der Waals surface area (Å²) in [5.41, 5.74) is 3.04. The number of benzene rings is 2. The first kappa shape index (κ1) is 28.8. The fourth-order valence-electron chi connectivity index (χ4n) is 4.04. The largest absolute Gasteiger partial charge is 0.497 e. The molecule has 0 fully saturated rings. The van der Waals surface area contributed by atoms with Crippen LogP contribution in [-0.4, -0.2) is 62.6 Å². The van der Waals surface area contributed by atoms with Gasteiger partial charge in [-0.3, -0.25) is 9.59 Å². The topological polar surface area (TPSA) is 68.3 Å². The van der Waals surface area contributed by atoms with E-state index in [4.69, 9.17) is 14.2 Å². The van der Waals surface area contributed by atoms with Gasteiger partial charge in [-0.05, 0) is 65.7 Å². The lowest BCUT2D eigenvalue weighted by Gasteiger charge is -2.27. The van der Waals surface area contributed by atoms with E-state index in [1.165, 1.54) is 0 Å². The van der Waals surface area contributed by atoms with Gasteiger partial charge in [-0.15, -0.1) is 17.9 Å². The van der Waals surface area contributed by atoms with Gasteiger partial charge in [0, 0.05) is 18.0 Å². The average molecular weight is 537 g/mol. The van der Waals surface area contributed by atoms with E-state index >= 15 is 0 Å². The van der Waals surface area contributed by atoms with Crippen LogP contribution in [0.1, 0.15) is 21.6 Å². The lowest BCUT2D eigenvalue weighted by molar-refractivity contribution is -0.140. The standard InChI is InChI=1S/C30H36N2O5S/c1-6-15-31(29(33)19-23-7-10-25(35-3)11-8-23)21-30(34)32(20-28-22(2)14-17-38-28)16-13-24-9-12-26(36-4)27(18-24)37-5/h6-12,14,17-18H,1,13,15-16,19-21H2,2-5H3. The number of carbonyl (C=O) groups excluding carboxylic acids is 2. The Morgan fingerprint density at radius 2 is 1.61 bits per heavy atom. The molecule has 2 amide bonds. The van der Waals surface area contributed by atoms with Crippen LogP contribution >= 0.6 is 11.3 Å². The summed E-state index contributed by atoms with van der Waals surface area (Å²) >= 11 is 1.63. The molecule has 0 unspecified atom stereocenters. The van der Waals surface area contributed by atoms with E-state index < -0.39 is 0 Å². The van der Waals surface area contributed by atoms with Crippen molar-refractivity contribution in [3.8, 4) is 17.2 Å². The fraction of sp³-hybridized carbons (Fsp3) is 0.333. The number of hydrogen-bond donors (Lipinski definition) is 0. The van der Waals surface area contributed by atoms with Gasteiger partial charge >= 0.3 is 0 Å². The summed E-state index contributed by atoms with van der Waals surface area (Å²) in [5, 5.41) is 2.03. The van der Waals surface area contributed by atoms with Crippen molar-refractivity contribution >= 4 is 23.2 Å². The molecule has 0 N–H and O–H groups in total. The number of methoxy groups -OCH3 is 3. The molecular formula is C30H36N2O5S. The van der Waals surface area contributed by atoms with Crippen molar-refractivity contribution in [3.05, 3.63) is 88.1 Å². The predicted molar refractivity (Wildman–Crippen MR) is 151 cm³/mol. The van der Waals surface area contributed by atoms with Gasteiger partial charge in [0.05, 0.1) is 34.3 Å². The molecule has 0 spiro atoms. The van der Waals surface area contributed by atoms with E-state index in [1.807, 2.05) is 59.7 Å². The van der Waals surface area contributed by atoms with Gasteiger partial charge in [0.25, 0.3) is 0 Å². The third kappa shape index (κ3) is 7.86. The average Bonchev–Trinajstić information content (AvgIpc) is 3.34. The summed E-state index contributed by atoms with van der Waals surface area (Å²) in [6.07, 6.45) is 2.48. The molecule has 1 aromatic heterocycles. The van der Waals surface area contributed by atoms with Crippen molar-refractivity contribution in [2.45, 2.75) is 26.3 Å². The molecule has 0 aliphatic heterocycles. The maximum atomic E-state index is 13.6. The molecular weight excluding hydrogens is 500 g/mol. The number of amides is 2. The SMILES string of the molecule is C=CCN(CC(=O)N(CCc1ccc(OC)c(OC)c1)Cc1sccc1C)C(=O)Cc1ccc(OC)cc1. The molecule has 8 heteroatoms. The van der Waals surface area contributed by atoms with Crippen LogP contribution in [0.5, 0.6) is 17.2 Å². The van der Waals surface area contributed by atoms with Crippen molar-refractivity contribution in [2.24, 2.45) is 0 Å². The number of thiophene rings is 1. The Morgan fingerprint density at radius 1 is 0.895 bits per heavy atom. The normalized spacial score (nSPS) is 10.5. The Bertz CT molecular complexity index is 1220. The molecule has 2 aromatic carbocycles. The number of nitrogens with zero attached hydrogens (tertiary/aromatic N) is 2. The van der Waals surface area contributed by atoms with Crippen molar-refractivity contribution in [3.63, 3.8) is 0 Å². The second-order valence-electron chi connectivity index (χ2n) is 8.87. The molecule has 0 aliphatic carbocycles. The molecule has 0 radical (unpaired) electrons. The summed E-state index contributed by atoms with van der Waals surface area (Å²) in [6, 6.07) is 15.2. The zero-order chi connectivity index (χ0) is 27.5. The molecule has 0 bridgehead atoms. The summed E-state index contributed by atoms with van der Waals surface area (Å²) in [4.78, 5) is 31.3. The molecule has 0 saturated carbocycles. The van der Waals surface area contributed by atoms with Crippen molar-refractivity contribution in [1.82, 2.24) is 9.80 Å². The van der Waals surface area contributed by atoms with Crippen LogP contribution in [0, 0.1) is 6.92 Å². The Labute approximate surface area is 229 Å². The number of hydrogen-bond acceptors (Lipinski definition) is 6. The summed E-state index contributed by atoms with van der Waals surface area (Å²) in [6.45, 7) is 7.10. The van der Waals surface area contributed by atoms with Gasteiger partial charge < -0.3 is 24.0 Å². The van der Waals surface area contributed by atoms with Gasteiger partial charge in [0.1, 0.15) is 12.3 Å². The monoisotopic (exact) mass is 536 g/mol. The lowest BCUT2D eigenvalue weighted by atomic mass is 10.1. The lowest BCUT2D eigenvalue weighted by Crippen LogP contribution is -2.44. The Morgan fingerprint density at radius 3 is 2.21 bits per heavy atom. The number of rotatable bonds is 14. The van der Waals surface area contributed by atoms with Gasteiger partial charge in [-0.2, -0.15) is 0 Å². The minimum Gasteiger partial charge on any atom is -0.497 e. The maximum absolute atomic E-state index is 13.6. The first-order valence-electron chi connectivity index (χ1n) is 12.4. The molecule has 0 saturated heterocycles. The van der Waals surface area contributed by atoms with Crippen LogP contribution in [0.3, 0.4) is 0 Å².